The molecular formula is C47H80O7Si. The zero-order valence-corrected chi connectivity index (χ0v) is 37.8. The standard InChI is InChI=1S/C47H80O7Si/c1-11-12-13-14-15-16-17-19-24-36(2)42-29-31-44(52-42)45-32-30-43(53-45)37(3)25-22-23-27-40(54-55(9,10)47(5,6)7)26-20-18-21-28-41(50-35-49-8)34-39-33-38(4)51-46(39)48/h33,36-38,40-45H,11-17,19-20,23-24,26-32,34-35H2,1-10H3/t36-,37?,38+,40?,41?,42-,43-,44-,45-/m1/s1. The van der Waals surface area contributed by atoms with Crippen LogP contribution in [0, 0.1) is 35.5 Å². The summed E-state index contributed by atoms with van der Waals surface area (Å²) in [5.74, 6) is 14.3. The van der Waals surface area contributed by atoms with Gasteiger partial charge in [0.1, 0.15) is 12.9 Å². The lowest BCUT2D eigenvalue weighted by Gasteiger charge is -2.39. The number of carbonyl (C=O) groups excluding carboxylic acids is 1. The average molecular weight is 785 g/mol. The maximum atomic E-state index is 12.1. The molecule has 0 radical (unpaired) electrons. The molecule has 8 heteroatoms. The second-order valence-electron chi connectivity index (χ2n) is 18.3. The van der Waals surface area contributed by atoms with Gasteiger partial charge in [-0.1, -0.05) is 91.9 Å². The van der Waals surface area contributed by atoms with Crippen molar-refractivity contribution in [2.45, 2.75) is 231 Å². The van der Waals surface area contributed by atoms with Gasteiger partial charge in [0.05, 0.1) is 30.5 Å². The zero-order chi connectivity index (χ0) is 40.3. The van der Waals surface area contributed by atoms with Crippen LogP contribution >= 0.6 is 0 Å². The van der Waals surface area contributed by atoms with E-state index in [-0.39, 0.29) is 60.3 Å². The van der Waals surface area contributed by atoms with E-state index in [2.05, 4.69) is 78.3 Å². The van der Waals surface area contributed by atoms with E-state index in [0.29, 0.717) is 30.4 Å². The van der Waals surface area contributed by atoms with Crippen molar-refractivity contribution in [2.75, 3.05) is 13.9 Å². The summed E-state index contributed by atoms with van der Waals surface area (Å²) in [4.78, 5) is 12.1. The number of unbranched alkanes of at least 4 members (excludes halogenated alkanes) is 7. The van der Waals surface area contributed by atoms with Crippen LogP contribution in [0.1, 0.15) is 170 Å². The first-order valence-electron chi connectivity index (χ1n) is 22.2. The van der Waals surface area contributed by atoms with Crippen LogP contribution in [0.25, 0.3) is 0 Å². The van der Waals surface area contributed by atoms with Crippen molar-refractivity contribution in [1.82, 2.24) is 0 Å². The van der Waals surface area contributed by atoms with Crippen molar-refractivity contribution >= 4 is 14.3 Å². The van der Waals surface area contributed by atoms with Gasteiger partial charge in [0.15, 0.2) is 8.32 Å². The fraction of sp³-hybridized carbons (Fsp3) is 0.851. The number of esters is 1. The minimum atomic E-state index is -1.97. The molecule has 0 saturated carbocycles. The van der Waals surface area contributed by atoms with E-state index in [1.54, 1.807) is 7.11 Å². The molecule has 0 aliphatic carbocycles. The molecule has 0 aromatic heterocycles. The number of ether oxygens (including phenoxy) is 5. The first-order chi connectivity index (χ1) is 26.2. The Bertz CT molecular complexity index is 1270. The molecule has 0 N–H and O–H groups in total. The maximum absolute atomic E-state index is 12.1. The predicted octanol–water partition coefficient (Wildman–Crippen LogP) is 11.5. The fourth-order valence-corrected chi connectivity index (χ4v) is 9.22. The molecule has 0 bridgehead atoms. The summed E-state index contributed by atoms with van der Waals surface area (Å²) in [6.45, 7) is 20.4. The molecule has 2 fully saturated rings. The van der Waals surface area contributed by atoms with E-state index in [0.717, 1.165) is 44.9 Å². The van der Waals surface area contributed by atoms with Gasteiger partial charge in [-0.25, -0.2) is 4.79 Å². The van der Waals surface area contributed by atoms with Gasteiger partial charge in [-0.2, -0.15) is 0 Å². The van der Waals surface area contributed by atoms with Crippen molar-refractivity contribution in [3.63, 3.8) is 0 Å². The maximum Gasteiger partial charge on any atom is 0.334 e. The molecule has 3 rings (SSSR count). The summed E-state index contributed by atoms with van der Waals surface area (Å²) in [5, 5.41) is 0.126. The smallest absolute Gasteiger partial charge is 0.334 e. The van der Waals surface area contributed by atoms with Crippen molar-refractivity contribution in [2.24, 2.45) is 11.8 Å². The van der Waals surface area contributed by atoms with Crippen LogP contribution in [-0.4, -0.2) is 70.9 Å². The van der Waals surface area contributed by atoms with Gasteiger partial charge in [-0.15, -0.1) is 17.8 Å². The third-order valence-electron chi connectivity index (χ3n) is 12.4. The highest BCUT2D eigenvalue weighted by Crippen LogP contribution is 2.39. The van der Waals surface area contributed by atoms with E-state index < -0.39 is 8.32 Å². The largest absolute Gasteiger partial charge is 0.455 e. The van der Waals surface area contributed by atoms with Crippen molar-refractivity contribution in [1.29, 1.82) is 0 Å². The first-order valence-corrected chi connectivity index (χ1v) is 25.1. The lowest BCUT2D eigenvalue weighted by molar-refractivity contribution is -0.139. The third-order valence-corrected chi connectivity index (χ3v) is 16.9. The lowest BCUT2D eigenvalue weighted by Crippen LogP contribution is -2.43. The molecule has 3 aliphatic rings. The first kappa shape index (κ1) is 47.7. The molecule has 0 aromatic rings. The molecular weight excluding hydrogens is 705 g/mol. The van der Waals surface area contributed by atoms with Crippen LogP contribution in [-0.2, 0) is 32.9 Å². The van der Waals surface area contributed by atoms with Crippen LogP contribution in [0.5, 0.6) is 0 Å². The Morgan fingerprint density at radius 3 is 2.07 bits per heavy atom. The van der Waals surface area contributed by atoms with Crippen LogP contribution in [0.15, 0.2) is 11.6 Å². The van der Waals surface area contributed by atoms with Crippen LogP contribution in [0.3, 0.4) is 0 Å². The second-order valence-corrected chi connectivity index (χ2v) is 23.0. The molecule has 9 atom stereocenters. The number of hydrogen-bond donors (Lipinski definition) is 0. The minimum Gasteiger partial charge on any atom is -0.455 e. The average Bonchev–Trinajstić information content (AvgIpc) is 3.89. The van der Waals surface area contributed by atoms with Gasteiger partial charge in [0, 0.05) is 50.4 Å². The highest BCUT2D eigenvalue weighted by molar-refractivity contribution is 6.74. The third kappa shape index (κ3) is 17.4. The van der Waals surface area contributed by atoms with Crippen LogP contribution in [0.2, 0.25) is 18.1 Å². The summed E-state index contributed by atoms with van der Waals surface area (Å²) in [7, 11) is -0.370. The Balaban J connectivity index is 1.43. The van der Waals surface area contributed by atoms with Gasteiger partial charge in [0.25, 0.3) is 0 Å². The SMILES string of the molecule is CCCCCCCCCC[C@@H](C)[C@H]1CC[C@H]([C@H]2CC[C@H](C(C)C#CCCC(CCC#CCC(CC3=C[C@H](C)OC3=O)OCOC)O[Si](C)(C)C(C)(C)C)O2)O1. The predicted molar refractivity (Wildman–Crippen MR) is 227 cm³/mol. The Morgan fingerprint density at radius 2 is 1.45 bits per heavy atom. The van der Waals surface area contributed by atoms with Crippen molar-refractivity contribution < 1.29 is 32.9 Å². The number of cyclic esters (lactones) is 1. The fourth-order valence-electron chi connectivity index (χ4n) is 7.80. The summed E-state index contributed by atoms with van der Waals surface area (Å²) >= 11 is 0. The molecule has 314 valence electrons. The highest BCUT2D eigenvalue weighted by Gasteiger charge is 2.40. The minimum absolute atomic E-state index is 0.109. The Kier molecular flexibility index (Phi) is 21.7. The molecule has 2 saturated heterocycles. The van der Waals surface area contributed by atoms with Gasteiger partial charge in [-0.05, 0) is 88.9 Å². The van der Waals surface area contributed by atoms with E-state index in [1.807, 2.05) is 13.0 Å². The Hall–Kier alpha value is -1.65. The normalized spacial score (nSPS) is 25.0. The zero-order valence-electron chi connectivity index (χ0n) is 36.8. The molecule has 7 nitrogen and oxygen atoms in total. The molecule has 3 heterocycles. The van der Waals surface area contributed by atoms with E-state index in [4.69, 9.17) is 28.1 Å². The summed E-state index contributed by atoms with van der Waals surface area (Å²) in [6.07, 6.45) is 23.6. The molecule has 3 unspecified atom stereocenters. The Labute approximate surface area is 338 Å². The number of hydrogen-bond acceptors (Lipinski definition) is 7. The van der Waals surface area contributed by atoms with E-state index in [9.17, 15) is 4.79 Å². The molecule has 0 aromatic carbocycles. The summed E-state index contributed by atoms with van der Waals surface area (Å²) < 4.78 is 36.4. The van der Waals surface area contributed by atoms with Crippen LogP contribution < -0.4 is 0 Å². The van der Waals surface area contributed by atoms with Gasteiger partial charge >= 0.3 is 5.97 Å². The summed E-state index contributed by atoms with van der Waals surface area (Å²) in [6, 6.07) is 0. The molecule has 0 amide bonds. The number of carbonyl (C=O) groups is 1. The molecule has 3 aliphatic heterocycles. The van der Waals surface area contributed by atoms with Gasteiger partial charge < -0.3 is 28.1 Å². The highest BCUT2D eigenvalue weighted by atomic mass is 28.4. The Morgan fingerprint density at radius 1 is 0.836 bits per heavy atom. The van der Waals surface area contributed by atoms with Crippen LogP contribution in [0.4, 0.5) is 0 Å². The quantitative estimate of drug-likeness (QED) is 0.0317. The van der Waals surface area contributed by atoms with E-state index >= 15 is 0 Å². The van der Waals surface area contributed by atoms with Crippen molar-refractivity contribution in [3.8, 4) is 23.7 Å². The molecule has 55 heavy (non-hydrogen) atoms. The van der Waals surface area contributed by atoms with E-state index in [1.165, 1.54) is 64.2 Å². The molecule has 0 spiro atoms. The lowest BCUT2D eigenvalue weighted by atomic mass is 9.94. The number of methoxy groups -OCH3 is 1. The van der Waals surface area contributed by atoms with Gasteiger partial charge in [-0.3, -0.25) is 0 Å². The number of rotatable bonds is 24. The van der Waals surface area contributed by atoms with Gasteiger partial charge in [0.2, 0.25) is 0 Å². The summed E-state index contributed by atoms with van der Waals surface area (Å²) in [5.41, 5.74) is 0.651. The second kappa shape index (κ2) is 25.0. The monoisotopic (exact) mass is 785 g/mol. The topological polar surface area (TPSA) is 72.5 Å². The van der Waals surface area contributed by atoms with Crippen molar-refractivity contribution in [3.05, 3.63) is 11.6 Å².